The van der Waals surface area contributed by atoms with Gasteiger partial charge in [0.2, 0.25) is 5.95 Å². The Morgan fingerprint density at radius 2 is 2.05 bits per heavy atom. The van der Waals surface area contributed by atoms with Crippen molar-refractivity contribution >= 4 is 29.0 Å². The molecule has 0 radical (unpaired) electrons. The molecule has 1 fully saturated rings. The topological polar surface area (TPSA) is 122 Å². The highest BCUT2D eigenvalue weighted by molar-refractivity contribution is 6.09. The fourth-order valence-electron chi connectivity index (χ4n) is 4.98. The Morgan fingerprint density at radius 3 is 2.78 bits per heavy atom. The molecule has 6 rings (SSSR count). The lowest BCUT2D eigenvalue weighted by atomic mass is 9.93. The molecule has 2 aromatic heterocycles. The molecule has 4 N–H and O–H groups in total. The molecular weight excluding hydrogens is 473 g/mol. The summed E-state index contributed by atoms with van der Waals surface area (Å²) in [5, 5.41) is 17.6. The summed E-state index contributed by atoms with van der Waals surface area (Å²) in [6.07, 6.45) is 6.08. The highest BCUT2D eigenvalue weighted by atomic mass is 19.1. The molecule has 1 amide bonds. The molecule has 2 aromatic carbocycles. The van der Waals surface area contributed by atoms with E-state index in [1.165, 1.54) is 11.0 Å². The van der Waals surface area contributed by atoms with Gasteiger partial charge in [0.05, 0.1) is 35.4 Å². The number of hydrogen-bond acceptors (Lipinski definition) is 7. The second-order valence-electron chi connectivity index (χ2n) is 9.51. The molecule has 1 aliphatic heterocycles. The van der Waals surface area contributed by atoms with Gasteiger partial charge in [-0.05, 0) is 48.4 Å². The number of aliphatic hydroxyl groups is 1. The molecule has 1 saturated carbocycles. The van der Waals surface area contributed by atoms with Crippen LogP contribution in [0.2, 0.25) is 0 Å². The molecule has 0 saturated heterocycles. The van der Waals surface area contributed by atoms with Crippen molar-refractivity contribution in [3.05, 3.63) is 76.9 Å². The van der Waals surface area contributed by atoms with Crippen LogP contribution in [0.3, 0.4) is 0 Å². The van der Waals surface area contributed by atoms with Gasteiger partial charge < -0.3 is 21.1 Å². The quantitative estimate of drug-likeness (QED) is 0.368. The molecule has 10 heteroatoms. The molecule has 0 spiro atoms. The number of aryl methyl sites for hydroxylation is 1. The Kier molecular flexibility index (Phi) is 5.60. The van der Waals surface area contributed by atoms with Crippen molar-refractivity contribution < 1.29 is 14.3 Å². The number of nitrogen functional groups attached to an aromatic ring is 1. The number of nitrogens with zero attached hydrogens (tertiary/aromatic N) is 5. The van der Waals surface area contributed by atoms with Crippen molar-refractivity contribution in [1.29, 1.82) is 0 Å². The number of carbonyl (C=O) groups is 1. The number of amides is 1. The molecule has 9 nitrogen and oxygen atoms in total. The lowest BCUT2D eigenvalue weighted by molar-refractivity contribution is 0.0976. The largest absolute Gasteiger partial charge is 0.392 e. The minimum Gasteiger partial charge on any atom is -0.392 e. The zero-order valence-corrected chi connectivity index (χ0v) is 20.3. The number of nitrogens with one attached hydrogen (secondary N) is 1. The predicted octanol–water partition coefficient (Wildman–Crippen LogP) is 3.91. The van der Waals surface area contributed by atoms with E-state index in [-0.39, 0.29) is 23.9 Å². The van der Waals surface area contributed by atoms with Crippen molar-refractivity contribution in [1.82, 2.24) is 19.7 Å². The Morgan fingerprint density at radius 1 is 1.22 bits per heavy atom. The van der Waals surface area contributed by atoms with Gasteiger partial charge in [0.1, 0.15) is 11.6 Å². The smallest absolute Gasteiger partial charge is 0.261 e. The fraction of sp³-hybridized carbons (Fsp3) is 0.259. The van der Waals surface area contributed by atoms with Gasteiger partial charge in [0.25, 0.3) is 5.91 Å². The van der Waals surface area contributed by atoms with Gasteiger partial charge in [0.15, 0.2) is 0 Å². The average molecular weight is 500 g/mol. The zero-order chi connectivity index (χ0) is 25.7. The Balaban J connectivity index is 1.37. The van der Waals surface area contributed by atoms with E-state index in [0.717, 1.165) is 24.0 Å². The Labute approximate surface area is 212 Å². The van der Waals surface area contributed by atoms with Crippen LogP contribution < -0.4 is 16.0 Å². The Hall–Kier alpha value is -4.31. The fourth-order valence-corrected chi connectivity index (χ4v) is 4.98. The van der Waals surface area contributed by atoms with Crippen LogP contribution >= 0.6 is 0 Å². The maximum atomic E-state index is 15.1. The number of aliphatic hydroxyl groups excluding tert-OH is 1. The van der Waals surface area contributed by atoms with E-state index in [0.29, 0.717) is 47.1 Å². The number of aromatic nitrogens is 4. The van der Waals surface area contributed by atoms with E-state index in [1.54, 1.807) is 48.4 Å². The van der Waals surface area contributed by atoms with Gasteiger partial charge in [-0.1, -0.05) is 18.2 Å². The van der Waals surface area contributed by atoms with Gasteiger partial charge >= 0.3 is 0 Å². The molecule has 0 atom stereocenters. The second kappa shape index (κ2) is 8.97. The van der Waals surface area contributed by atoms with Gasteiger partial charge in [-0.2, -0.15) is 10.1 Å². The Bertz CT molecular complexity index is 1530. The lowest BCUT2D eigenvalue weighted by Crippen LogP contribution is -2.39. The first-order chi connectivity index (χ1) is 17.9. The van der Waals surface area contributed by atoms with Crippen molar-refractivity contribution in [2.24, 2.45) is 7.05 Å². The van der Waals surface area contributed by atoms with Crippen LogP contribution in [0.25, 0.3) is 11.3 Å². The summed E-state index contributed by atoms with van der Waals surface area (Å²) in [5.74, 6) is 0.0269. The van der Waals surface area contributed by atoms with E-state index < -0.39 is 11.7 Å². The first-order valence-electron chi connectivity index (χ1n) is 12.2. The molecule has 0 unspecified atom stereocenters. The number of carbonyl (C=O) groups excluding carboxylic acids is 1. The lowest BCUT2D eigenvalue weighted by Gasteiger charge is -2.31. The zero-order valence-electron chi connectivity index (χ0n) is 20.3. The number of fused-ring (bicyclic) bond motifs is 1. The van der Waals surface area contributed by atoms with Crippen LogP contribution in [0, 0.1) is 5.82 Å². The minimum absolute atomic E-state index is 0.110. The van der Waals surface area contributed by atoms with Crippen LogP contribution in [-0.2, 0) is 20.1 Å². The third-order valence-corrected chi connectivity index (χ3v) is 6.89. The summed E-state index contributed by atoms with van der Waals surface area (Å²) in [5.41, 5.74) is 10.7. The summed E-state index contributed by atoms with van der Waals surface area (Å²) in [4.78, 5) is 23.9. The number of hydrogen-bond donors (Lipinski definition) is 3. The highest BCUT2D eigenvalue weighted by Crippen LogP contribution is 2.42. The van der Waals surface area contributed by atoms with E-state index in [2.05, 4.69) is 20.4 Å². The second-order valence-corrected chi connectivity index (χ2v) is 9.51. The van der Waals surface area contributed by atoms with Crippen molar-refractivity contribution in [2.45, 2.75) is 31.8 Å². The van der Waals surface area contributed by atoms with Gasteiger partial charge in [-0.25, -0.2) is 9.37 Å². The molecule has 0 bridgehead atoms. The van der Waals surface area contributed by atoms with Crippen molar-refractivity contribution in [3.8, 4) is 11.3 Å². The van der Waals surface area contributed by atoms with Crippen LogP contribution in [0.15, 0.2) is 48.8 Å². The normalized spacial score (nSPS) is 15.1. The monoisotopic (exact) mass is 499 g/mol. The van der Waals surface area contributed by atoms with E-state index in [4.69, 9.17) is 5.73 Å². The van der Waals surface area contributed by atoms with E-state index >= 15 is 4.39 Å². The molecular formula is C27H26FN7O2. The maximum absolute atomic E-state index is 15.1. The van der Waals surface area contributed by atoms with Crippen LogP contribution in [0.4, 0.5) is 27.5 Å². The number of nitrogens with two attached hydrogens (primary N) is 1. The summed E-state index contributed by atoms with van der Waals surface area (Å²) >= 11 is 0. The predicted molar refractivity (Wildman–Crippen MR) is 138 cm³/mol. The summed E-state index contributed by atoms with van der Waals surface area (Å²) in [6, 6.07) is 10.4. The average Bonchev–Trinajstić information content (AvgIpc) is 3.65. The van der Waals surface area contributed by atoms with Gasteiger partial charge in [0, 0.05) is 37.0 Å². The van der Waals surface area contributed by atoms with E-state index in [9.17, 15) is 9.90 Å². The first-order valence-corrected chi connectivity index (χ1v) is 12.2. The molecule has 4 aromatic rings. The summed E-state index contributed by atoms with van der Waals surface area (Å²) in [7, 11) is 1.80. The first kappa shape index (κ1) is 23.1. The van der Waals surface area contributed by atoms with E-state index in [1.807, 2.05) is 6.07 Å². The number of anilines is 4. The number of rotatable bonds is 6. The minimum atomic E-state index is -0.481. The molecule has 3 heterocycles. The third kappa shape index (κ3) is 4.29. The third-order valence-electron chi connectivity index (χ3n) is 6.89. The van der Waals surface area contributed by atoms with Crippen LogP contribution in [0.5, 0.6) is 0 Å². The van der Waals surface area contributed by atoms with Gasteiger partial charge in [-0.3, -0.25) is 9.48 Å². The summed E-state index contributed by atoms with van der Waals surface area (Å²) < 4.78 is 16.8. The molecule has 188 valence electrons. The highest BCUT2D eigenvalue weighted by Gasteiger charge is 2.33. The maximum Gasteiger partial charge on any atom is 0.261 e. The SMILES string of the molecule is Cn1cc(Nc2nc(N)cc(-c3cccc(N4CCc5cc(C6CC6)cc(F)c5C4=O)c3CO)n2)cn1. The van der Waals surface area contributed by atoms with Crippen LogP contribution in [-0.4, -0.2) is 37.3 Å². The molecule has 37 heavy (non-hydrogen) atoms. The van der Waals surface area contributed by atoms with Crippen molar-refractivity contribution in [2.75, 3.05) is 22.5 Å². The molecule has 2 aliphatic rings. The number of benzene rings is 2. The molecule has 1 aliphatic carbocycles. The standard InChI is InChI=1S/C27H26FN7O2/c1-34-13-18(12-30-34)31-27-32-22(11-24(29)33-27)19-3-2-4-23(20(19)14-36)35-8-7-16-9-17(15-5-6-15)10-21(28)25(16)26(35)37/h2-4,9-13,15,36H,5-8,14H2,1H3,(H3,29,31,32,33). The van der Waals surface area contributed by atoms with Crippen LogP contribution in [0.1, 0.15) is 45.8 Å². The van der Waals surface area contributed by atoms with Crippen molar-refractivity contribution in [3.63, 3.8) is 0 Å². The van der Waals surface area contributed by atoms with Gasteiger partial charge in [-0.15, -0.1) is 0 Å². The summed E-state index contributed by atoms with van der Waals surface area (Å²) in [6.45, 7) is 0.0378. The number of halogens is 1.